The second-order valence-corrected chi connectivity index (χ2v) is 9.13. The summed E-state index contributed by atoms with van der Waals surface area (Å²) in [5.74, 6) is 1.64. The number of para-hydroxylation sites is 2. The molecular weight excluding hydrogens is 414 g/mol. The lowest BCUT2D eigenvalue weighted by Crippen LogP contribution is -2.54. The molecule has 2 aliphatic rings. The molecule has 3 heterocycles. The minimum atomic E-state index is -0.441. The van der Waals surface area contributed by atoms with Crippen LogP contribution in [0.2, 0.25) is 0 Å². The quantitative estimate of drug-likeness (QED) is 0.503. The largest absolute Gasteiger partial charge is 0.454 e. The smallest absolute Gasteiger partial charge is 0.231 e. The summed E-state index contributed by atoms with van der Waals surface area (Å²) < 4.78 is 13.3. The number of benzene rings is 3. The Hall–Kier alpha value is -3.22. The van der Waals surface area contributed by atoms with E-state index in [4.69, 9.17) is 9.47 Å². The maximum Gasteiger partial charge on any atom is 0.231 e. The Balaban J connectivity index is 1.15. The van der Waals surface area contributed by atoms with Gasteiger partial charge in [0.05, 0.1) is 12.6 Å². The maximum atomic E-state index is 11.1. The van der Waals surface area contributed by atoms with Crippen molar-refractivity contribution in [1.29, 1.82) is 0 Å². The van der Waals surface area contributed by atoms with Crippen molar-refractivity contribution in [2.45, 2.75) is 25.6 Å². The molecule has 4 aromatic rings. The fourth-order valence-corrected chi connectivity index (χ4v) is 5.32. The molecule has 1 saturated heterocycles. The van der Waals surface area contributed by atoms with E-state index >= 15 is 0 Å². The summed E-state index contributed by atoms with van der Waals surface area (Å²) in [6, 6.07) is 23.4. The molecule has 3 aromatic carbocycles. The number of aromatic nitrogens is 1. The van der Waals surface area contributed by atoms with E-state index in [1.165, 1.54) is 21.8 Å². The number of anilines is 1. The molecule has 0 radical (unpaired) electrons. The number of aliphatic hydroxyl groups is 1. The second kappa shape index (κ2) is 8.28. The van der Waals surface area contributed by atoms with Gasteiger partial charge in [0.2, 0.25) is 6.79 Å². The van der Waals surface area contributed by atoms with Crippen LogP contribution < -0.4 is 14.4 Å². The van der Waals surface area contributed by atoms with Crippen molar-refractivity contribution in [2.24, 2.45) is 0 Å². The Morgan fingerprint density at radius 1 is 0.879 bits per heavy atom. The molecule has 0 spiro atoms. The van der Waals surface area contributed by atoms with Gasteiger partial charge in [-0.15, -0.1) is 0 Å². The molecule has 0 bridgehead atoms. The fourth-order valence-electron chi connectivity index (χ4n) is 5.32. The lowest BCUT2D eigenvalue weighted by molar-refractivity contribution is 0.0754. The summed E-state index contributed by atoms with van der Waals surface area (Å²) >= 11 is 0. The fraction of sp³-hybridized carbons (Fsp3) is 0.333. The first-order chi connectivity index (χ1) is 16.2. The number of hydrogen-bond donors (Lipinski definition) is 1. The summed E-state index contributed by atoms with van der Waals surface area (Å²) in [6.07, 6.45) is -0.441. The van der Waals surface area contributed by atoms with Crippen LogP contribution in [0.3, 0.4) is 0 Å². The predicted octanol–water partition coefficient (Wildman–Crippen LogP) is 4.09. The second-order valence-electron chi connectivity index (χ2n) is 9.13. The van der Waals surface area contributed by atoms with Gasteiger partial charge in [0.1, 0.15) is 0 Å². The minimum absolute atomic E-state index is 0.298. The normalized spacial score (nSPS) is 19.5. The summed E-state index contributed by atoms with van der Waals surface area (Å²) in [6.45, 7) is 6.55. The van der Waals surface area contributed by atoms with Crippen molar-refractivity contribution in [1.82, 2.24) is 9.47 Å². The Labute approximate surface area is 193 Å². The monoisotopic (exact) mass is 443 g/mol. The Morgan fingerprint density at radius 3 is 2.30 bits per heavy atom. The van der Waals surface area contributed by atoms with E-state index in [9.17, 15) is 5.11 Å². The molecule has 0 aliphatic carbocycles. The number of β-amino-alcohol motifs (C(OH)–C–C–N with tert-alkyl or cyclic N) is 1. The predicted molar refractivity (Wildman–Crippen MR) is 131 cm³/mol. The van der Waals surface area contributed by atoms with Crippen LogP contribution in [0.4, 0.5) is 5.69 Å². The lowest BCUT2D eigenvalue weighted by atomic mass is 10.1. The summed E-state index contributed by atoms with van der Waals surface area (Å²) in [7, 11) is 0. The van der Waals surface area contributed by atoms with Gasteiger partial charge in [0.15, 0.2) is 11.5 Å². The zero-order valence-corrected chi connectivity index (χ0v) is 18.9. The van der Waals surface area contributed by atoms with Crippen molar-refractivity contribution < 1.29 is 14.6 Å². The minimum Gasteiger partial charge on any atom is -0.454 e. The highest BCUT2D eigenvalue weighted by atomic mass is 16.7. The van der Waals surface area contributed by atoms with Crippen LogP contribution in [0, 0.1) is 0 Å². The van der Waals surface area contributed by atoms with E-state index in [1.54, 1.807) is 0 Å². The van der Waals surface area contributed by atoms with E-state index in [0.29, 0.717) is 25.9 Å². The first-order valence-electron chi connectivity index (χ1n) is 11.7. The van der Waals surface area contributed by atoms with Crippen LogP contribution >= 0.6 is 0 Å². The molecule has 33 heavy (non-hydrogen) atoms. The standard InChI is InChI=1S/C27H29N3O3/c1-19-15-29(20-10-11-26-27(14-20)33-18-32-26)13-12-28(19)16-21(31)17-30-24-8-4-2-6-22(24)23-7-3-5-9-25(23)30/h2-11,14,19,21,31H,12-13,15-18H2,1H3. The van der Waals surface area contributed by atoms with Crippen molar-refractivity contribution in [3.05, 3.63) is 66.7 Å². The SMILES string of the molecule is CC1CN(c2ccc3c(c2)OCO3)CCN1CC(O)Cn1c2ccccc2c2ccccc21. The first kappa shape index (κ1) is 20.4. The van der Waals surface area contributed by atoms with Crippen LogP contribution in [0.25, 0.3) is 21.8 Å². The number of piperazine rings is 1. The molecule has 1 aromatic heterocycles. The van der Waals surface area contributed by atoms with Gasteiger partial charge in [-0.1, -0.05) is 36.4 Å². The van der Waals surface area contributed by atoms with E-state index < -0.39 is 6.10 Å². The van der Waals surface area contributed by atoms with Gasteiger partial charge in [-0.3, -0.25) is 4.90 Å². The molecule has 1 N–H and O–H groups in total. The molecule has 2 unspecified atom stereocenters. The van der Waals surface area contributed by atoms with E-state index in [1.807, 2.05) is 6.07 Å². The topological polar surface area (TPSA) is 50.1 Å². The molecule has 6 nitrogen and oxygen atoms in total. The molecular formula is C27H29N3O3. The van der Waals surface area contributed by atoms with Gasteiger partial charge in [0, 0.05) is 65.8 Å². The van der Waals surface area contributed by atoms with Crippen LogP contribution in [-0.2, 0) is 6.54 Å². The number of rotatable bonds is 5. The molecule has 6 rings (SSSR count). The van der Waals surface area contributed by atoms with Crippen molar-refractivity contribution in [3.63, 3.8) is 0 Å². The van der Waals surface area contributed by atoms with Crippen LogP contribution in [0.5, 0.6) is 11.5 Å². The number of fused-ring (bicyclic) bond motifs is 4. The molecule has 0 amide bonds. The average Bonchev–Trinajstić information content (AvgIpc) is 3.43. The molecule has 2 aliphatic heterocycles. The Kier molecular flexibility index (Phi) is 5.12. The first-order valence-corrected chi connectivity index (χ1v) is 11.7. The molecule has 1 fully saturated rings. The van der Waals surface area contributed by atoms with Gasteiger partial charge in [-0.05, 0) is 31.2 Å². The highest BCUT2D eigenvalue weighted by molar-refractivity contribution is 6.07. The third-order valence-corrected chi connectivity index (χ3v) is 7.00. The van der Waals surface area contributed by atoms with Gasteiger partial charge in [0.25, 0.3) is 0 Å². The van der Waals surface area contributed by atoms with Crippen LogP contribution in [-0.4, -0.2) is 59.7 Å². The maximum absolute atomic E-state index is 11.1. The van der Waals surface area contributed by atoms with Gasteiger partial charge < -0.3 is 24.0 Å². The third kappa shape index (κ3) is 3.69. The number of hydrogen-bond acceptors (Lipinski definition) is 5. The number of nitrogens with zero attached hydrogens (tertiary/aromatic N) is 3. The zero-order valence-electron chi connectivity index (χ0n) is 18.9. The number of ether oxygens (including phenoxy) is 2. The van der Waals surface area contributed by atoms with Crippen molar-refractivity contribution in [2.75, 3.05) is 37.9 Å². The van der Waals surface area contributed by atoms with Crippen molar-refractivity contribution in [3.8, 4) is 11.5 Å². The van der Waals surface area contributed by atoms with Crippen LogP contribution in [0.15, 0.2) is 66.7 Å². The highest BCUT2D eigenvalue weighted by Crippen LogP contribution is 2.36. The Bertz CT molecular complexity index is 1250. The summed E-state index contributed by atoms with van der Waals surface area (Å²) in [5, 5.41) is 13.6. The van der Waals surface area contributed by atoms with Crippen LogP contribution in [0.1, 0.15) is 6.92 Å². The highest BCUT2D eigenvalue weighted by Gasteiger charge is 2.27. The summed E-state index contributed by atoms with van der Waals surface area (Å²) in [4.78, 5) is 4.80. The molecule has 170 valence electrons. The van der Waals surface area contributed by atoms with E-state index in [0.717, 1.165) is 36.8 Å². The van der Waals surface area contributed by atoms with E-state index in [-0.39, 0.29) is 0 Å². The molecule has 2 atom stereocenters. The Morgan fingerprint density at radius 2 is 1.58 bits per heavy atom. The van der Waals surface area contributed by atoms with Crippen molar-refractivity contribution >= 4 is 27.5 Å². The van der Waals surface area contributed by atoms with E-state index in [2.05, 4.69) is 82.0 Å². The lowest BCUT2D eigenvalue weighted by Gasteiger charge is -2.41. The zero-order chi connectivity index (χ0) is 22.4. The summed E-state index contributed by atoms with van der Waals surface area (Å²) in [5.41, 5.74) is 3.52. The number of aliphatic hydroxyl groups excluding tert-OH is 1. The molecule has 6 heteroatoms. The van der Waals surface area contributed by atoms with Gasteiger partial charge in [-0.25, -0.2) is 0 Å². The van der Waals surface area contributed by atoms with Gasteiger partial charge in [-0.2, -0.15) is 0 Å². The average molecular weight is 444 g/mol. The van der Waals surface area contributed by atoms with Gasteiger partial charge >= 0.3 is 0 Å². The molecule has 0 saturated carbocycles. The third-order valence-electron chi connectivity index (χ3n) is 7.00.